The van der Waals surface area contributed by atoms with Crippen molar-refractivity contribution in [1.82, 2.24) is 24.9 Å². The summed E-state index contributed by atoms with van der Waals surface area (Å²) in [5, 5.41) is 26.4. The van der Waals surface area contributed by atoms with Crippen molar-refractivity contribution < 1.29 is 8.78 Å². The molecular weight excluding hydrogens is 605 g/mol. The molecule has 224 valence electrons. The molecule has 0 bridgehead atoms. The second-order valence-corrected chi connectivity index (χ2v) is 11.5. The topological polar surface area (TPSA) is 94.7 Å². The Kier molecular flexibility index (Phi) is 8.62. The van der Waals surface area contributed by atoms with Crippen LogP contribution in [0.1, 0.15) is 48.7 Å². The predicted molar refractivity (Wildman–Crippen MR) is 168 cm³/mol. The van der Waals surface area contributed by atoms with Crippen molar-refractivity contribution in [2.75, 3.05) is 30.3 Å². The monoisotopic (exact) mass is 632 g/mol. The SMILES string of the molecule is CCN1CCC(n2cc(C(Nc3cc(Cl)cc4c(Nc5ccc(F)c(Cl)c5)c(C#N)cnc34)c3cccc(F)c3)nn2)CC1. The Morgan fingerprint density at radius 1 is 1.09 bits per heavy atom. The quantitative estimate of drug-likeness (QED) is 0.180. The van der Waals surface area contributed by atoms with E-state index in [4.69, 9.17) is 23.2 Å². The van der Waals surface area contributed by atoms with Gasteiger partial charge < -0.3 is 15.5 Å². The van der Waals surface area contributed by atoms with Crippen LogP contribution in [0.5, 0.6) is 0 Å². The first kappa shape index (κ1) is 29.8. The van der Waals surface area contributed by atoms with Crippen LogP contribution in [0, 0.1) is 23.0 Å². The van der Waals surface area contributed by atoms with Gasteiger partial charge in [0.1, 0.15) is 23.4 Å². The van der Waals surface area contributed by atoms with Gasteiger partial charge in [0.05, 0.1) is 45.8 Å². The highest BCUT2D eigenvalue weighted by molar-refractivity contribution is 6.32. The standard InChI is InChI=1S/C32H28Cl2F2N8/c1-2-43-10-8-24(9-11-43)44-18-29(41-42-44)31(19-4-3-5-22(35)12-19)40-28-14-21(33)13-25-30(20(16-37)17-38-32(25)28)39-23-6-7-27(36)26(34)15-23/h3-7,12-15,17-18,24,31,40H,2,8-11H2,1H3,(H,38,39). The number of rotatable bonds is 8. The van der Waals surface area contributed by atoms with Gasteiger partial charge in [0.2, 0.25) is 0 Å². The molecule has 0 saturated carbocycles. The number of benzene rings is 3. The average Bonchev–Trinajstić information content (AvgIpc) is 3.52. The number of nitrogens with one attached hydrogen (secondary N) is 2. The minimum atomic E-state index is -0.596. The third-order valence-electron chi connectivity index (χ3n) is 7.93. The Balaban J connectivity index is 1.40. The summed E-state index contributed by atoms with van der Waals surface area (Å²) in [6.07, 6.45) is 5.29. The maximum absolute atomic E-state index is 14.5. The van der Waals surface area contributed by atoms with Crippen LogP contribution in [-0.4, -0.2) is 44.5 Å². The number of nitrogens with zero attached hydrogens (tertiary/aromatic N) is 6. The van der Waals surface area contributed by atoms with E-state index in [9.17, 15) is 14.0 Å². The third-order valence-corrected chi connectivity index (χ3v) is 8.44. The Hall–Kier alpha value is -4.30. The smallest absolute Gasteiger partial charge is 0.141 e. The van der Waals surface area contributed by atoms with Crippen molar-refractivity contribution in [3.05, 3.63) is 105 Å². The van der Waals surface area contributed by atoms with Gasteiger partial charge in [-0.15, -0.1) is 5.10 Å². The molecule has 8 nitrogen and oxygen atoms in total. The van der Waals surface area contributed by atoms with E-state index in [1.165, 1.54) is 36.5 Å². The number of piperidine rings is 1. The summed E-state index contributed by atoms with van der Waals surface area (Å²) in [5.41, 5.74) is 3.45. The molecule has 0 aliphatic carbocycles. The summed E-state index contributed by atoms with van der Waals surface area (Å²) in [6.45, 7) is 5.17. The minimum Gasteiger partial charge on any atom is -0.371 e. The lowest BCUT2D eigenvalue weighted by Gasteiger charge is -2.30. The van der Waals surface area contributed by atoms with Gasteiger partial charge in [0.25, 0.3) is 0 Å². The second kappa shape index (κ2) is 12.7. The predicted octanol–water partition coefficient (Wildman–Crippen LogP) is 7.88. The number of hydrogen-bond donors (Lipinski definition) is 2. The van der Waals surface area contributed by atoms with Crippen LogP contribution < -0.4 is 10.6 Å². The lowest BCUT2D eigenvalue weighted by Crippen LogP contribution is -2.34. The number of aromatic nitrogens is 4. The molecule has 2 N–H and O–H groups in total. The summed E-state index contributed by atoms with van der Waals surface area (Å²) in [6, 6.07) is 15.7. The molecular formula is C32H28Cl2F2N8. The molecule has 1 fully saturated rings. The van der Waals surface area contributed by atoms with Crippen LogP contribution in [0.2, 0.25) is 10.0 Å². The second-order valence-electron chi connectivity index (χ2n) is 10.7. The highest BCUT2D eigenvalue weighted by Crippen LogP contribution is 2.38. The molecule has 0 amide bonds. The Morgan fingerprint density at radius 2 is 1.91 bits per heavy atom. The summed E-state index contributed by atoms with van der Waals surface area (Å²) in [7, 11) is 0. The van der Waals surface area contributed by atoms with Gasteiger partial charge in [0.15, 0.2) is 0 Å². The van der Waals surface area contributed by atoms with Crippen molar-refractivity contribution in [2.45, 2.75) is 31.8 Å². The number of pyridine rings is 1. The van der Waals surface area contributed by atoms with Crippen LogP contribution in [0.4, 0.5) is 25.8 Å². The van der Waals surface area contributed by atoms with Crippen LogP contribution in [0.3, 0.4) is 0 Å². The van der Waals surface area contributed by atoms with Crippen molar-refractivity contribution in [3.8, 4) is 6.07 Å². The normalized spacial score (nSPS) is 14.8. The van der Waals surface area contributed by atoms with Gasteiger partial charge in [0, 0.05) is 35.4 Å². The summed E-state index contributed by atoms with van der Waals surface area (Å²) < 4.78 is 30.2. The first-order valence-electron chi connectivity index (χ1n) is 14.2. The van der Waals surface area contributed by atoms with Crippen molar-refractivity contribution in [2.24, 2.45) is 0 Å². The molecule has 6 rings (SSSR count). The molecule has 1 saturated heterocycles. The number of likely N-dealkylation sites (tertiary alicyclic amines) is 1. The average molecular weight is 634 g/mol. The van der Waals surface area contributed by atoms with Gasteiger partial charge in [-0.25, -0.2) is 13.5 Å². The molecule has 12 heteroatoms. The van der Waals surface area contributed by atoms with Gasteiger partial charge in [-0.3, -0.25) is 4.98 Å². The van der Waals surface area contributed by atoms with Crippen molar-refractivity contribution >= 4 is 51.2 Å². The lowest BCUT2D eigenvalue weighted by atomic mass is 10.0. The Bertz CT molecular complexity index is 1860. The van der Waals surface area contributed by atoms with Gasteiger partial charge in [-0.1, -0.05) is 47.5 Å². The molecule has 3 aromatic carbocycles. The molecule has 1 atom stereocenters. The van der Waals surface area contributed by atoms with Crippen LogP contribution >= 0.6 is 23.2 Å². The number of hydrogen-bond acceptors (Lipinski definition) is 7. The molecule has 5 aromatic rings. The van der Waals surface area contributed by atoms with E-state index in [1.54, 1.807) is 18.2 Å². The highest BCUT2D eigenvalue weighted by Gasteiger charge is 2.25. The lowest BCUT2D eigenvalue weighted by molar-refractivity contribution is 0.186. The van der Waals surface area contributed by atoms with E-state index < -0.39 is 11.9 Å². The molecule has 1 aliphatic heterocycles. The first-order valence-corrected chi connectivity index (χ1v) is 15.0. The fraction of sp³-hybridized carbons (Fsp3) is 0.250. The Labute approximate surface area is 263 Å². The summed E-state index contributed by atoms with van der Waals surface area (Å²) in [5.74, 6) is -0.940. The number of fused-ring (bicyclic) bond motifs is 1. The van der Waals surface area contributed by atoms with Crippen LogP contribution in [-0.2, 0) is 0 Å². The van der Waals surface area contributed by atoms with Crippen LogP contribution in [0.15, 0.2) is 67.0 Å². The first-order chi connectivity index (χ1) is 21.3. The van der Waals surface area contributed by atoms with Crippen molar-refractivity contribution in [3.63, 3.8) is 0 Å². The zero-order chi connectivity index (χ0) is 30.8. The van der Waals surface area contributed by atoms with E-state index in [2.05, 4.69) is 43.8 Å². The zero-order valence-electron chi connectivity index (χ0n) is 23.7. The molecule has 0 radical (unpaired) electrons. The van der Waals surface area contributed by atoms with E-state index in [-0.39, 0.29) is 22.4 Å². The zero-order valence-corrected chi connectivity index (χ0v) is 25.2. The molecule has 1 unspecified atom stereocenters. The van der Waals surface area contributed by atoms with Crippen LogP contribution in [0.25, 0.3) is 10.9 Å². The fourth-order valence-electron chi connectivity index (χ4n) is 5.59. The number of anilines is 3. The molecule has 0 spiro atoms. The molecule has 1 aliphatic rings. The van der Waals surface area contributed by atoms with E-state index in [1.807, 2.05) is 16.9 Å². The maximum Gasteiger partial charge on any atom is 0.141 e. The van der Waals surface area contributed by atoms with E-state index >= 15 is 0 Å². The third kappa shape index (κ3) is 6.17. The number of halogens is 4. The van der Waals surface area contributed by atoms with Gasteiger partial charge >= 0.3 is 0 Å². The number of nitriles is 1. The molecule has 2 aromatic heterocycles. The molecule has 3 heterocycles. The van der Waals surface area contributed by atoms with E-state index in [0.29, 0.717) is 44.2 Å². The van der Waals surface area contributed by atoms with E-state index in [0.717, 1.165) is 32.5 Å². The maximum atomic E-state index is 14.5. The Morgan fingerprint density at radius 3 is 2.64 bits per heavy atom. The molecule has 44 heavy (non-hydrogen) atoms. The highest BCUT2D eigenvalue weighted by atomic mass is 35.5. The summed E-state index contributed by atoms with van der Waals surface area (Å²) in [4.78, 5) is 7.00. The van der Waals surface area contributed by atoms with Gasteiger partial charge in [-0.05, 0) is 67.4 Å². The fourth-order valence-corrected chi connectivity index (χ4v) is 5.99. The van der Waals surface area contributed by atoms with Gasteiger partial charge in [-0.2, -0.15) is 5.26 Å². The van der Waals surface area contributed by atoms with Crippen molar-refractivity contribution in [1.29, 1.82) is 5.26 Å². The summed E-state index contributed by atoms with van der Waals surface area (Å²) >= 11 is 12.6. The largest absolute Gasteiger partial charge is 0.371 e. The minimum absolute atomic E-state index is 0.0610.